The lowest BCUT2D eigenvalue weighted by molar-refractivity contribution is -0.117. The largest absolute Gasteiger partial charge is 0.370 e. The molecular formula is C16H16N2O2. The number of hydrogen-bond acceptors (Lipinski definition) is 2. The second kappa shape index (κ2) is 6.02. The molecule has 0 bridgehead atoms. The van der Waals surface area contributed by atoms with Crippen molar-refractivity contribution in [1.29, 1.82) is 0 Å². The molecule has 0 spiro atoms. The summed E-state index contributed by atoms with van der Waals surface area (Å²) in [5.74, 6) is -0.781. The minimum atomic E-state index is -0.455. The topological polar surface area (TPSA) is 86.2 Å². The van der Waals surface area contributed by atoms with Crippen LogP contribution in [0.2, 0.25) is 0 Å². The zero-order valence-corrected chi connectivity index (χ0v) is 11.0. The maximum Gasteiger partial charge on any atom is 0.249 e. The maximum atomic E-state index is 11.5. The Balaban J connectivity index is 2.36. The van der Waals surface area contributed by atoms with E-state index in [-0.39, 0.29) is 5.91 Å². The molecule has 0 unspecified atom stereocenters. The van der Waals surface area contributed by atoms with Gasteiger partial charge in [0.1, 0.15) is 0 Å². The Labute approximate surface area is 117 Å². The van der Waals surface area contributed by atoms with Gasteiger partial charge < -0.3 is 11.5 Å². The maximum absolute atomic E-state index is 11.5. The van der Waals surface area contributed by atoms with E-state index in [9.17, 15) is 9.59 Å². The van der Waals surface area contributed by atoms with Gasteiger partial charge in [-0.3, -0.25) is 9.59 Å². The fraction of sp³-hybridized carbons (Fsp3) is 0.125. The lowest BCUT2D eigenvalue weighted by Gasteiger charge is -2.08. The lowest BCUT2D eigenvalue weighted by Crippen LogP contribution is -2.12. The van der Waals surface area contributed by atoms with Crippen molar-refractivity contribution in [2.45, 2.75) is 12.8 Å². The van der Waals surface area contributed by atoms with Gasteiger partial charge in [-0.05, 0) is 29.2 Å². The van der Waals surface area contributed by atoms with Crippen molar-refractivity contribution >= 4 is 11.8 Å². The summed E-state index contributed by atoms with van der Waals surface area (Å²) in [5, 5.41) is 0. The molecule has 4 nitrogen and oxygen atoms in total. The zero-order valence-electron chi connectivity index (χ0n) is 11.0. The molecule has 0 aliphatic heterocycles. The van der Waals surface area contributed by atoms with Crippen molar-refractivity contribution in [3.63, 3.8) is 0 Å². The summed E-state index contributed by atoms with van der Waals surface area (Å²) >= 11 is 0. The van der Waals surface area contributed by atoms with Crippen LogP contribution < -0.4 is 11.5 Å². The van der Waals surface area contributed by atoms with E-state index in [1.807, 2.05) is 36.4 Å². The normalized spacial score (nSPS) is 10.2. The predicted molar refractivity (Wildman–Crippen MR) is 77.9 cm³/mol. The summed E-state index contributed by atoms with van der Waals surface area (Å²) in [7, 11) is 0. The second-order valence-electron chi connectivity index (χ2n) is 4.58. The predicted octanol–water partition coefficient (Wildman–Crippen LogP) is 1.87. The van der Waals surface area contributed by atoms with Crippen LogP contribution in [0.15, 0.2) is 48.5 Å². The Morgan fingerprint density at radius 2 is 1.70 bits per heavy atom. The summed E-state index contributed by atoms with van der Waals surface area (Å²) in [6.45, 7) is 0. The summed E-state index contributed by atoms with van der Waals surface area (Å²) in [5.41, 5.74) is 13.7. The van der Waals surface area contributed by atoms with Crippen LogP contribution in [-0.2, 0) is 11.2 Å². The van der Waals surface area contributed by atoms with Gasteiger partial charge in [-0.15, -0.1) is 0 Å². The van der Waals surface area contributed by atoms with Gasteiger partial charge in [0.2, 0.25) is 11.8 Å². The molecule has 2 amide bonds. The Morgan fingerprint density at radius 1 is 0.950 bits per heavy atom. The average Bonchev–Trinajstić information content (AvgIpc) is 2.45. The van der Waals surface area contributed by atoms with E-state index in [1.165, 1.54) is 0 Å². The summed E-state index contributed by atoms with van der Waals surface area (Å²) in [6.07, 6.45) is 0.892. The Hall–Kier alpha value is -2.62. The number of primary amides is 2. The van der Waals surface area contributed by atoms with Crippen LogP contribution in [0, 0.1) is 0 Å². The highest BCUT2D eigenvalue weighted by molar-refractivity contribution is 5.99. The van der Waals surface area contributed by atoms with Crippen LogP contribution >= 0.6 is 0 Å². The van der Waals surface area contributed by atoms with E-state index in [2.05, 4.69) is 0 Å². The zero-order chi connectivity index (χ0) is 14.5. The minimum Gasteiger partial charge on any atom is -0.370 e. The molecule has 0 aromatic heterocycles. The fourth-order valence-electron chi connectivity index (χ4n) is 2.11. The van der Waals surface area contributed by atoms with Crippen LogP contribution in [0.5, 0.6) is 0 Å². The van der Waals surface area contributed by atoms with Gasteiger partial charge in [0.25, 0.3) is 0 Å². The van der Waals surface area contributed by atoms with Gasteiger partial charge in [-0.2, -0.15) is 0 Å². The number of carbonyl (C=O) groups excluding carboxylic acids is 2. The van der Waals surface area contributed by atoms with Crippen LogP contribution in [0.3, 0.4) is 0 Å². The minimum absolute atomic E-state index is 0.306. The van der Waals surface area contributed by atoms with Crippen LogP contribution in [-0.4, -0.2) is 11.8 Å². The van der Waals surface area contributed by atoms with E-state index >= 15 is 0 Å². The van der Waals surface area contributed by atoms with Crippen molar-refractivity contribution < 1.29 is 9.59 Å². The van der Waals surface area contributed by atoms with Crippen molar-refractivity contribution in [3.05, 3.63) is 59.7 Å². The first-order valence-corrected chi connectivity index (χ1v) is 6.34. The smallest absolute Gasteiger partial charge is 0.249 e. The number of nitrogens with two attached hydrogens (primary N) is 2. The number of amides is 2. The monoisotopic (exact) mass is 268 g/mol. The molecule has 0 radical (unpaired) electrons. The van der Waals surface area contributed by atoms with E-state index in [0.29, 0.717) is 18.4 Å². The number of benzene rings is 2. The third kappa shape index (κ3) is 3.23. The highest BCUT2D eigenvalue weighted by Crippen LogP contribution is 2.24. The van der Waals surface area contributed by atoms with Crippen molar-refractivity contribution in [2.75, 3.05) is 0 Å². The van der Waals surface area contributed by atoms with Crippen molar-refractivity contribution in [1.82, 2.24) is 0 Å². The van der Waals surface area contributed by atoms with Crippen LogP contribution in [0.1, 0.15) is 22.3 Å². The molecule has 0 aliphatic rings. The first kappa shape index (κ1) is 13.8. The highest BCUT2D eigenvalue weighted by Gasteiger charge is 2.09. The Morgan fingerprint density at radius 3 is 2.40 bits per heavy atom. The lowest BCUT2D eigenvalue weighted by atomic mass is 9.96. The first-order chi connectivity index (χ1) is 9.58. The van der Waals surface area contributed by atoms with Gasteiger partial charge in [-0.25, -0.2) is 0 Å². The third-order valence-electron chi connectivity index (χ3n) is 3.09. The molecule has 2 aromatic rings. The fourth-order valence-corrected chi connectivity index (χ4v) is 2.11. The van der Waals surface area contributed by atoms with E-state index in [0.717, 1.165) is 16.7 Å². The van der Waals surface area contributed by atoms with Crippen molar-refractivity contribution in [3.8, 4) is 11.1 Å². The molecule has 0 heterocycles. The van der Waals surface area contributed by atoms with Gasteiger partial charge in [-0.1, -0.05) is 42.5 Å². The molecule has 20 heavy (non-hydrogen) atoms. The first-order valence-electron chi connectivity index (χ1n) is 6.34. The van der Waals surface area contributed by atoms with Gasteiger partial charge >= 0.3 is 0 Å². The standard InChI is InChI=1S/C16H16N2O2/c17-15(19)9-8-11-4-3-5-12(10-11)13-6-1-2-7-14(13)16(18)20/h1-7,10H,8-9H2,(H2,17,19)(H2,18,20). The molecule has 4 N–H and O–H groups in total. The second-order valence-corrected chi connectivity index (χ2v) is 4.58. The molecule has 0 atom stereocenters. The number of rotatable bonds is 5. The number of aryl methyl sites for hydroxylation is 1. The molecule has 0 saturated heterocycles. The van der Waals surface area contributed by atoms with Crippen LogP contribution in [0.25, 0.3) is 11.1 Å². The molecule has 2 rings (SSSR count). The van der Waals surface area contributed by atoms with E-state index in [1.54, 1.807) is 12.1 Å². The third-order valence-corrected chi connectivity index (χ3v) is 3.09. The quantitative estimate of drug-likeness (QED) is 0.867. The molecule has 102 valence electrons. The number of hydrogen-bond donors (Lipinski definition) is 2. The average molecular weight is 268 g/mol. The molecule has 0 saturated carbocycles. The van der Waals surface area contributed by atoms with Crippen LogP contribution in [0.4, 0.5) is 0 Å². The molecule has 4 heteroatoms. The van der Waals surface area contributed by atoms with E-state index in [4.69, 9.17) is 11.5 Å². The molecular weight excluding hydrogens is 252 g/mol. The van der Waals surface area contributed by atoms with Crippen molar-refractivity contribution in [2.24, 2.45) is 11.5 Å². The molecule has 0 fully saturated rings. The Kier molecular flexibility index (Phi) is 4.15. The van der Waals surface area contributed by atoms with E-state index < -0.39 is 5.91 Å². The highest BCUT2D eigenvalue weighted by atomic mass is 16.1. The summed E-state index contributed by atoms with van der Waals surface area (Å²) in [4.78, 5) is 22.3. The summed E-state index contributed by atoms with van der Waals surface area (Å²) < 4.78 is 0. The number of carbonyl (C=O) groups is 2. The van der Waals surface area contributed by atoms with Gasteiger partial charge in [0.05, 0.1) is 0 Å². The molecule has 2 aromatic carbocycles. The van der Waals surface area contributed by atoms with Gasteiger partial charge in [0, 0.05) is 12.0 Å². The SMILES string of the molecule is NC(=O)CCc1cccc(-c2ccccc2C(N)=O)c1. The molecule has 0 aliphatic carbocycles. The Bertz CT molecular complexity index is 650. The summed E-state index contributed by atoms with van der Waals surface area (Å²) in [6, 6.07) is 14.9. The van der Waals surface area contributed by atoms with Gasteiger partial charge in [0.15, 0.2) is 0 Å².